The lowest BCUT2D eigenvalue weighted by Gasteiger charge is -2.23. The predicted octanol–water partition coefficient (Wildman–Crippen LogP) is 13.6. The van der Waals surface area contributed by atoms with E-state index in [4.69, 9.17) is 0 Å². The molecule has 0 saturated heterocycles. The second-order valence-corrected chi connectivity index (χ2v) is 14.0. The summed E-state index contributed by atoms with van der Waals surface area (Å²) in [5.41, 5.74) is 13.0. The monoisotopic (exact) mass is 622 g/mol. The van der Waals surface area contributed by atoms with Crippen molar-refractivity contribution in [1.29, 1.82) is 0 Å². The maximum Gasteiger partial charge on any atom is 0.0159 e. The zero-order valence-electron chi connectivity index (χ0n) is 27.7. The van der Waals surface area contributed by atoms with Gasteiger partial charge in [0.2, 0.25) is 0 Å². The summed E-state index contributed by atoms with van der Waals surface area (Å²) < 4.78 is 0. The molecular weight excluding hydrogens is 589 g/mol. The Kier molecular flexibility index (Phi) is 6.02. The van der Waals surface area contributed by atoms with Crippen molar-refractivity contribution in [2.75, 3.05) is 0 Å². The molecule has 0 spiro atoms. The number of fused-ring (bicyclic) bond motifs is 8. The summed E-state index contributed by atoms with van der Waals surface area (Å²) in [5, 5.41) is 10.2. The van der Waals surface area contributed by atoms with Crippen molar-refractivity contribution in [3.63, 3.8) is 0 Å². The van der Waals surface area contributed by atoms with Crippen LogP contribution in [0.4, 0.5) is 0 Å². The van der Waals surface area contributed by atoms with Gasteiger partial charge in [-0.05, 0) is 117 Å². The maximum absolute atomic E-state index is 2.48. The highest BCUT2D eigenvalue weighted by atomic mass is 14.4. The first kappa shape index (κ1) is 28.1. The second kappa shape index (κ2) is 10.5. The first-order chi connectivity index (χ1) is 24.1. The van der Waals surface area contributed by atoms with Gasteiger partial charge in [0.05, 0.1) is 0 Å². The molecule has 230 valence electrons. The first-order valence-electron chi connectivity index (χ1n) is 17.3. The number of benzene rings is 9. The van der Waals surface area contributed by atoms with E-state index in [1.807, 2.05) is 0 Å². The van der Waals surface area contributed by atoms with Crippen molar-refractivity contribution in [3.05, 3.63) is 181 Å². The Labute approximate surface area is 286 Å². The van der Waals surface area contributed by atoms with Gasteiger partial charge >= 0.3 is 0 Å². The molecule has 0 nitrogen and oxygen atoms in total. The highest BCUT2D eigenvalue weighted by Gasteiger charge is 2.35. The molecule has 0 bridgehead atoms. The molecule has 49 heavy (non-hydrogen) atoms. The van der Waals surface area contributed by atoms with Gasteiger partial charge in [-0.2, -0.15) is 0 Å². The minimum atomic E-state index is -0.0767. The van der Waals surface area contributed by atoms with E-state index in [2.05, 4.69) is 184 Å². The predicted molar refractivity (Wildman–Crippen MR) is 210 cm³/mol. The van der Waals surface area contributed by atoms with Crippen LogP contribution in [-0.4, -0.2) is 0 Å². The fraction of sp³-hybridized carbons (Fsp3) is 0.0612. The molecule has 0 aromatic heterocycles. The van der Waals surface area contributed by atoms with E-state index in [0.717, 1.165) is 0 Å². The average molecular weight is 623 g/mol. The molecule has 9 aromatic rings. The molecule has 0 radical (unpaired) electrons. The van der Waals surface area contributed by atoms with Crippen LogP contribution in [-0.2, 0) is 5.41 Å². The summed E-state index contributed by atoms with van der Waals surface area (Å²) in [5.74, 6) is 0. The Bertz CT molecular complexity index is 2780. The highest BCUT2D eigenvalue weighted by Crippen LogP contribution is 2.52. The standard InChI is InChI=1S/C49H34/c1-49(2)45-23-13-12-20-38(45)39-26-25-34(30-46(39)49)47-40-21-10-11-22-41(40)48(42-27-24-32(28-44(42)47)31-14-4-3-5-15-31)43-29-33-16-6-7-17-35(33)36-18-8-9-19-37(36)43/h3-30H,1-2H3. The molecule has 0 amide bonds. The minimum absolute atomic E-state index is 0.0767. The van der Waals surface area contributed by atoms with Crippen molar-refractivity contribution >= 4 is 43.1 Å². The van der Waals surface area contributed by atoms with Crippen molar-refractivity contribution in [3.8, 4) is 44.5 Å². The van der Waals surface area contributed by atoms with Gasteiger partial charge in [0.1, 0.15) is 0 Å². The Morgan fingerprint density at radius 1 is 0.306 bits per heavy atom. The summed E-state index contributed by atoms with van der Waals surface area (Å²) in [6, 6.07) is 63.2. The Morgan fingerprint density at radius 3 is 1.71 bits per heavy atom. The lowest BCUT2D eigenvalue weighted by Crippen LogP contribution is -2.14. The molecule has 0 heterocycles. The van der Waals surface area contributed by atoms with Gasteiger partial charge in [-0.15, -0.1) is 0 Å². The van der Waals surface area contributed by atoms with Crippen LogP contribution in [0.3, 0.4) is 0 Å². The summed E-state index contributed by atoms with van der Waals surface area (Å²) >= 11 is 0. The van der Waals surface area contributed by atoms with Gasteiger partial charge in [0, 0.05) is 5.41 Å². The topological polar surface area (TPSA) is 0 Å². The molecule has 0 saturated carbocycles. The molecule has 0 atom stereocenters. The third-order valence-electron chi connectivity index (χ3n) is 11.0. The van der Waals surface area contributed by atoms with Gasteiger partial charge in [-0.3, -0.25) is 0 Å². The normalized spacial score (nSPS) is 13.3. The van der Waals surface area contributed by atoms with Crippen molar-refractivity contribution in [2.45, 2.75) is 19.3 Å². The van der Waals surface area contributed by atoms with Crippen LogP contribution in [0.15, 0.2) is 170 Å². The maximum atomic E-state index is 2.48. The van der Waals surface area contributed by atoms with E-state index in [1.165, 1.54) is 98.7 Å². The molecule has 9 aromatic carbocycles. The van der Waals surface area contributed by atoms with Crippen LogP contribution in [0.2, 0.25) is 0 Å². The van der Waals surface area contributed by atoms with E-state index in [1.54, 1.807) is 0 Å². The average Bonchev–Trinajstić information content (AvgIpc) is 3.39. The fourth-order valence-corrected chi connectivity index (χ4v) is 8.71. The Hall–Kier alpha value is -5.98. The minimum Gasteiger partial charge on any atom is -0.0622 e. The quantitative estimate of drug-likeness (QED) is 0.136. The zero-order chi connectivity index (χ0) is 32.7. The number of rotatable bonds is 3. The fourth-order valence-electron chi connectivity index (χ4n) is 8.71. The summed E-state index contributed by atoms with van der Waals surface area (Å²) in [6.07, 6.45) is 0. The van der Waals surface area contributed by atoms with Crippen LogP contribution in [0.1, 0.15) is 25.0 Å². The molecule has 1 aliphatic rings. The zero-order valence-corrected chi connectivity index (χ0v) is 27.7. The molecule has 0 aliphatic heterocycles. The summed E-state index contributed by atoms with van der Waals surface area (Å²) in [4.78, 5) is 0. The van der Waals surface area contributed by atoms with Gasteiger partial charge in [-0.1, -0.05) is 166 Å². The Balaban J connectivity index is 1.34. The molecule has 1 aliphatic carbocycles. The van der Waals surface area contributed by atoms with Crippen LogP contribution in [0.5, 0.6) is 0 Å². The largest absolute Gasteiger partial charge is 0.0622 e. The lowest BCUT2D eigenvalue weighted by atomic mass is 9.80. The van der Waals surface area contributed by atoms with E-state index in [9.17, 15) is 0 Å². The van der Waals surface area contributed by atoms with Crippen LogP contribution in [0, 0.1) is 0 Å². The molecule has 0 heteroatoms. The van der Waals surface area contributed by atoms with Crippen molar-refractivity contribution < 1.29 is 0 Å². The van der Waals surface area contributed by atoms with E-state index >= 15 is 0 Å². The van der Waals surface area contributed by atoms with Crippen LogP contribution < -0.4 is 0 Å². The summed E-state index contributed by atoms with van der Waals surface area (Å²) in [6.45, 7) is 4.75. The Morgan fingerprint density at radius 2 is 0.898 bits per heavy atom. The molecule has 10 rings (SSSR count). The molecular formula is C49H34. The number of hydrogen-bond donors (Lipinski definition) is 0. The second-order valence-electron chi connectivity index (χ2n) is 14.0. The molecule has 0 fully saturated rings. The first-order valence-corrected chi connectivity index (χ1v) is 17.3. The lowest BCUT2D eigenvalue weighted by molar-refractivity contribution is 0.660. The van der Waals surface area contributed by atoms with Crippen LogP contribution in [0.25, 0.3) is 87.6 Å². The molecule has 0 N–H and O–H groups in total. The van der Waals surface area contributed by atoms with Crippen molar-refractivity contribution in [2.24, 2.45) is 0 Å². The van der Waals surface area contributed by atoms with Crippen molar-refractivity contribution in [1.82, 2.24) is 0 Å². The third-order valence-corrected chi connectivity index (χ3v) is 11.0. The summed E-state index contributed by atoms with van der Waals surface area (Å²) in [7, 11) is 0. The van der Waals surface area contributed by atoms with Crippen LogP contribution >= 0.6 is 0 Å². The van der Waals surface area contributed by atoms with Gasteiger partial charge < -0.3 is 0 Å². The van der Waals surface area contributed by atoms with E-state index in [0.29, 0.717) is 0 Å². The highest BCUT2D eigenvalue weighted by molar-refractivity contribution is 6.26. The van der Waals surface area contributed by atoms with E-state index in [-0.39, 0.29) is 5.41 Å². The van der Waals surface area contributed by atoms with Gasteiger partial charge in [0.25, 0.3) is 0 Å². The van der Waals surface area contributed by atoms with Gasteiger partial charge in [0.15, 0.2) is 0 Å². The SMILES string of the molecule is CC1(C)c2ccccc2-c2ccc(-c3c4ccccc4c(-c4cc5ccccc5c5ccccc45)c4ccc(-c5ccccc5)cc34)cc21. The van der Waals surface area contributed by atoms with E-state index < -0.39 is 0 Å². The molecule has 0 unspecified atom stereocenters. The number of hydrogen-bond acceptors (Lipinski definition) is 0. The van der Waals surface area contributed by atoms with Gasteiger partial charge in [-0.25, -0.2) is 0 Å². The smallest absolute Gasteiger partial charge is 0.0159 e. The third kappa shape index (κ3) is 4.11.